The number of carboxylic acids is 1. The summed E-state index contributed by atoms with van der Waals surface area (Å²) in [6, 6.07) is 4.67. The molecule has 43 heavy (non-hydrogen) atoms. The molecule has 0 bridgehead atoms. The predicted molar refractivity (Wildman–Crippen MR) is 145 cm³/mol. The number of pyridine rings is 3. The number of aromatic nitrogens is 5. The molecule has 1 saturated carbocycles. The molecule has 4 aromatic heterocycles. The third-order valence-corrected chi connectivity index (χ3v) is 9.78. The molecule has 226 valence electrons. The number of hydrogen-bond donors (Lipinski definition) is 1. The van der Waals surface area contributed by atoms with Crippen LogP contribution in [0.2, 0.25) is 0 Å². The predicted octanol–water partition coefficient (Wildman–Crippen LogP) is 4.19. The summed E-state index contributed by atoms with van der Waals surface area (Å²) in [6.45, 7) is 5.09. The van der Waals surface area contributed by atoms with E-state index in [4.69, 9.17) is 4.74 Å². The molecule has 1 spiro atoms. The average Bonchev–Trinajstić information content (AvgIpc) is 3.54. The highest BCUT2D eigenvalue weighted by atomic mass is 32.2. The van der Waals surface area contributed by atoms with E-state index in [1.54, 1.807) is 33.0 Å². The van der Waals surface area contributed by atoms with E-state index in [2.05, 4.69) is 20.2 Å². The van der Waals surface area contributed by atoms with Crippen molar-refractivity contribution in [2.24, 2.45) is 0 Å². The van der Waals surface area contributed by atoms with Crippen molar-refractivity contribution in [3.05, 3.63) is 76.1 Å². The van der Waals surface area contributed by atoms with E-state index < -0.39 is 45.9 Å². The van der Waals surface area contributed by atoms with Gasteiger partial charge >= 0.3 is 12.1 Å². The summed E-state index contributed by atoms with van der Waals surface area (Å²) in [5, 5.41) is 16.8. The van der Waals surface area contributed by atoms with Gasteiger partial charge in [-0.2, -0.15) is 17.5 Å². The van der Waals surface area contributed by atoms with Gasteiger partial charge in [-0.15, -0.1) is 10.2 Å². The first-order chi connectivity index (χ1) is 20.2. The Morgan fingerprint density at radius 1 is 1.14 bits per heavy atom. The molecule has 2 aliphatic rings. The lowest BCUT2D eigenvalue weighted by molar-refractivity contribution is -0.145. The number of aryl methyl sites for hydroxylation is 3. The van der Waals surface area contributed by atoms with Crippen LogP contribution in [0.5, 0.6) is 5.88 Å². The van der Waals surface area contributed by atoms with Crippen LogP contribution in [0.15, 0.2) is 41.7 Å². The molecule has 4 aromatic rings. The van der Waals surface area contributed by atoms with Crippen molar-refractivity contribution in [1.29, 1.82) is 0 Å². The van der Waals surface area contributed by atoms with Crippen molar-refractivity contribution >= 4 is 21.6 Å². The summed E-state index contributed by atoms with van der Waals surface area (Å²) >= 11 is 0. The van der Waals surface area contributed by atoms with Crippen LogP contribution in [0.4, 0.5) is 13.2 Å². The number of carboxylic acid groups (broad SMARTS) is 1. The molecule has 1 aliphatic heterocycles. The average molecular weight is 617 g/mol. The van der Waals surface area contributed by atoms with Crippen LogP contribution in [0.1, 0.15) is 64.5 Å². The normalized spacial score (nSPS) is 18.2. The maximum Gasteiger partial charge on any atom is 0.452 e. The van der Waals surface area contributed by atoms with Crippen LogP contribution in [0.25, 0.3) is 5.65 Å². The molecule has 5 heterocycles. The molecule has 1 unspecified atom stereocenters. The number of aliphatic carboxylic acids is 1. The number of alkyl halides is 3. The van der Waals surface area contributed by atoms with E-state index in [-0.39, 0.29) is 29.5 Å². The molecule has 1 N–H and O–H groups in total. The van der Waals surface area contributed by atoms with Crippen molar-refractivity contribution < 1.29 is 36.2 Å². The third kappa shape index (κ3) is 5.20. The van der Waals surface area contributed by atoms with Crippen molar-refractivity contribution in [2.45, 2.75) is 69.2 Å². The molecule has 0 amide bonds. The lowest BCUT2D eigenvalue weighted by Gasteiger charge is -2.24. The summed E-state index contributed by atoms with van der Waals surface area (Å²) in [5.41, 5.74) is 2.28. The Hall–Kier alpha value is -4.11. The minimum absolute atomic E-state index is 0.0164. The Morgan fingerprint density at radius 2 is 1.88 bits per heavy atom. The third-order valence-electron chi connectivity index (χ3n) is 8.00. The maximum atomic E-state index is 13.8. The van der Waals surface area contributed by atoms with Gasteiger partial charge in [0.15, 0.2) is 5.65 Å². The van der Waals surface area contributed by atoms with Crippen LogP contribution >= 0.6 is 0 Å². The van der Waals surface area contributed by atoms with Crippen LogP contribution < -0.4 is 4.74 Å². The second-order valence-corrected chi connectivity index (χ2v) is 13.1. The second-order valence-electron chi connectivity index (χ2n) is 11.1. The number of halogens is 3. The van der Waals surface area contributed by atoms with E-state index in [9.17, 15) is 31.5 Å². The summed E-state index contributed by atoms with van der Waals surface area (Å²) in [7, 11) is -4.02. The van der Waals surface area contributed by atoms with Gasteiger partial charge in [-0.25, -0.2) is 13.4 Å². The standard InChI is InChI=1S/C28H27F3N6O5S/c1-15-8-22-25(33-11-15)42-27(5-6-27)14-36(43(22,40)41)13-19-9-18(12-32-17(19)3)21(10-23(38)39)20-4-7-37-24(16(20)2)34-35-26(37)28(29,30)31/h4,7-9,11-12,21H,5-6,10,13-14H2,1-3H3,(H,38,39). The minimum Gasteiger partial charge on any atom is -0.481 e. The van der Waals surface area contributed by atoms with Gasteiger partial charge in [0.25, 0.3) is 0 Å². The molecule has 15 heteroatoms. The first-order valence-electron chi connectivity index (χ1n) is 13.4. The van der Waals surface area contributed by atoms with Crippen molar-refractivity contribution in [3.8, 4) is 5.88 Å². The molecule has 0 radical (unpaired) electrons. The van der Waals surface area contributed by atoms with Gasteiger partial charge in [0.05, 0.1) is 13.0 Å². The zero-order valence-electron chi connectivity index (χ0n) is 23.4. The van der Waals surface area contributed by atoms with Crippen molar-refractivity contribution in [1.82, 2.24) is 28.9 Å². The monoisotopic (exact) mass is 616 g/mol. The van der Waals surface area contributed by atoms with Crippen molar-refractivity contribution in [2.75, 3.05) is 6.54 Å². The lowest BCUT2D eigenvalue weighted by atomic mass is 9.86. The highest BCUT2D eigenvalue weighted by molar-refractivity contribution is 7.89. The minimum atomic E-state index is -4.73. The second kappa shape index (κ2) is 9.98. The fourth-order valence-electron chi connectivity index (χ4n) is 5.50. The summed E-state index contributed by atoms with van der Waals surface area (Å²) < 4.78 is 76.2. The Morgan fingerprint density at radius 3 is 2.56 bits per heavy atom. The van der Waals surface area contributed by atoms with Gasteiger partial charge in [-0.05, 0) is 73.6 Å². The Balaban J connectivity index is 1.40. The summed E-state index contributed by atoms with van der Waals surface area (Å²) in [6.07, 6.45) is 0.466. The quantitative estimate of drug-likeness (QED) is 0.338. The first-order valence-corrected chi connectivity index (χ1v) is 14.9. The van der Waals surface area contributed by atoms with Crippen LogP contribution in [0.3, 0.4) is 0 Å². The molecule has 0 aromatic carbocycles. The summed E-state index contributed by atoms with van der Waals surface area (Å²) in [5.74, 6) is -3.06. The van der Waals surface area contributed by atoms with E-state index in [1.165, 1.54) is 28.8 Å². The topological polar surface area (TPSA) is 140 Å². The Kier molecular flexibility index (Phi) is 6.73. The fourth-order valence-corrected chi connectivity index (χ4v) is 7.14. The molecular weight excluding hydrogens is 589 g/mol. The molecule has 0 saturated heterocycles. The van der Waals surface area contributed by atoms with Crippen LogP contribution in [0, 0.1) is 20.8 Å². The summed E-state index contributed by atoms with van der Waals surface area (Å²) in [4.78, 5) is 20.7. The number of hydrogen-bond acceptors (Lipinski definition) is 8. The Labute approximate surface area is 244 Å². The molecular formula is C28H27F3N6O5S. The maximum absolute atomic E-state index is 13.8. The van der Waals surface area contributed by atoms with Gasteiger partial charge in [-0.3, -0.25) is 14.2 Å². The van der Waals surface area contributed by atoms with E-state index in [0.29, 0.717) is 46.4 Å². The van der Waals surface area contributed by atoms with Gasteiger partial charge in [-0.1, -0.05) is 6.07 Å². The molecule has 1 atom stereocenters. The van der Waals surface area contributed by atoms with Gasteiger partial charge < -0.3 is 9.84 Å². The first kappa shape index (κ1) is 29.0. The number of ether oxygens (including phenoxy) is 1. The van der Waals surface area contributed by atoms with E-state index in [0.717, 1.165) is 4.40 Å². The van der Waals surface area contributed by atoms with Crippen LogP contribution in [-0.2, 0) is 27.5 Å². The van der Waals surface area contributed by atoms with E-state index >= 15 is 0 Å². The molecule has 1 aliphatic carbocycles. The van der Waals surface area contributed by atoms with Crippen molar-refractivity contribution in [3.63, 3.8) is 0 Å². The van der Waals surface area contributed by atoms with Gasteiger partial charge in [0, 0.05) is 36.7 Å². The molecule has 6 rings (SSSR count). The lowest BCUT2D eigenvalue weighted by Crippen LogP contribution is -2.38. The number of sulfonamides is 1. The highest BCUT2D eigenvalue weighted by Gasteiger charge is 2.52. The van der Waals surface area contributed by atoms with E-state index in [1.807, 2.05) is 0 Å². The molecule has 11 nitrogen and oxygen atoms in total. The fraction of sp³-hybridized carbons (Fsp3) is 0.393. The molecule has 1 fully saturated rings. The number of rotatable bonds is 6. The number of nitrogens with zero attached hydrogens (tertiary/aromatic N) is 6. The van der Waals surface area contributed by atoms with Gasteiger partial charge in [0.2, 0.25) is 21.7 Å². The highest BCUT2D eigenvalue weighted by Crippen LogP contribution is 2.46. The SMILES string of the molecule is Cc1cnc2c(c1)S(=O)(=O)N(Cc1cc(C(CC(=O)O)c3ccn4c(C(F)(F)F)nnc4c3C)cnc1C)CC1(CC1)O2. The Bertz CT molecular complexity index is 1890. The van der Waals surface area contributed by atoms with Gasteiger partial charge in [0.1, 0.15) is 10.5 Å². The zero-order valence-corrected chi connectivity index (χ0v) is 24.2. The largest absolute Gasteiger partial charge is 0.481 e. The smallest absolute Gasteiger partial charge is 0.452 e. The number of carbonyl (C=O) groups is 1. The zero-order chi connectivity index (χ0) is 30.9. The van der Waals surface area contributed by atoms with Crippen LogP contribution in [-0.4, -0.2) is 60.5 Å². The number of fused-ring (bicyclic) bond motifs is 2.